The number of hydrogen-bond donors (Lipinski definition) is 2. The molecule has 1 fully saturated rings. The normalized spacial score (nSPS) is 16.0. The topological polar surface area (TPSA) is 80.3 Å². The molecule has 2 N–H and O–H groups in total. The Morgan fingerprint density at radius 2 is 2.08 bits per heavy atom. The van der Waals surface area contributed by atoms with Crippen LogP contribution < -0.4 is 14.8 Å². The molecule has 0 unspecified atom stereocenters. The maximum absolute atomic E-state index is 14.6. The minimum Gasteiger partial charge on any atom is -0.490 e. The lowest BCUT2D eigenvalue weighted by atomic mass is 10.1. The van der Waals surface area contributed by atoms with E-state index in [2.05, 4.69) is 15.0 Å². The molecule has 0 radical (unpaired) electrons. The van der Waals surface area contributed by atoms with Crippen LogP contribution in [0.2, 0.25) is 0 Å². The van der Waals surface area contributed by atoms with Crippen molar-refractivity contribution in [2.24, 2.45) is 0 Å². The third-order valence-corrected chi connectivity index (χ3v) is 6.07. The summed E-state index contributed by atoms with van der Waals surface area (Å²) in [6, 6.07) is 0.927. The highest BCUT2D eigenvalue weighted by molar-refractivity contribution is 7.93. The third-order valence-electron chi connectivity index (χ3n) is 3.88. The molecule has 25 heavy (non-hydrogen) atoms. The Kier molecular flexibility index (Phi) is 5.21. The van der Waals surface area contributed by atoms with Crippen LogP contribution in [0.1, 0.15) is 18.4 Å². The van der Waals surface area contributed by atoms with Gasteiger partial charge in [-0.05, 0) is 32.9 Å². The molecule has 0 aliphatic carbocycles. The van der Waals surface area contributed by atoms with Gasteiger partial charge in [0, 0.05) is 23.2 Å². The fourth-order valence-corrected chi connectivity index (χ4v) is 4.56. The Labute approximate surface area is 148 Å². The summed E-state index contributed by atoms with van der Waals surface area (Å²) in [4.78, 5) is 2.73. The number of halogens is 2. The maximum atomic E-state index is 14.6. The van der Waals surface area contributed by atoms with Gasteiger partial charge in [0.25, 0.3) is 10.0 Å². The zero-order valence-corrected chi connectivity index (χ0v) is 15.0. The highest BCUT2D eigenvalue weighted by Crippen LogP contribution is 2.32. The largest absolute Gasteiger partial charge is 0.490 e. The molecule has 0 amide bonds. The molecule has 10 heteroatoms. The summed E-state index contributed by atoms with van der Waals surface area (Å²) in [5.41, 5.74) is -0.0422. The van der Waals surface area contributed by atoms with Crippen LogP contribution in [0.25, 0.3) is 0 Å². The molecule has 1 aliphatic heterocycles. The third kappa shape index (κ3) is 3.91. The van der Waals surface area contributed by atoms with E-state index in [1.807, 2.05) is 0 Å². The second-order valence-electron chi connectivity index (χ2n) is 5.63. The number of benzene rings is 1. The number of aromatic nitrogens is 1. The number of ether oxygens (including phenoxy) is 1. The monoisotopic (exact) mass is 389 g/mol. The van der Waals surface area contributed by atoms with E-state index in [1.54, 1.807) is 5.38 Å². The second kappa shape index (κ2) is 7.22. The predicted octanol–water partition coefficient (Wildman–Crippen LogP) is 2.66. The lowest BCUT2D eigenvalue weighted by Gasteiger charge is -2.25. The molecule has 1 aromatic heterocycles. The number of sulfonamides is 1. The molecule has 0 atom stereocenters. The summed E-state index contributed by atoms with van der Waals surface area (Å²) in [5.74, 6) is -2.33. The van der Waals surface area contributed by atoms with Crippen molar-refractivity contribution in [3.63, 3.8) is 0 Å². The quantitative estimate of drug-likeness (QED) is 0.822. The fraction of sp³-hybridized carbons (Fsp3) is 0.400. The first-order chi connectivity index (χ1) is 11.9. The Balaban J connectivity index is 1.92. The average molecular weight is 389 g/mol. The van der Waals surface area contributed by atoms with E-state index in [0.717, 1.165) is 30.5 Å². The zero-order chi connectivity index (χ0) is 18.0. The molecule has 2 heterocycles. The zero-order valence-electron chi connectivity index (χ0n) is 13.4. The number of nitrogens with zero attached hydrogens (tertiary/aromatic N) is 1. The van der Waals surface area contributed by atoms with E-state index in [1.165, 1.54) is 13.1 Å². The number of rotatable bonds is 5. The first kappa shape index (κ1) is 18.0. The van der Waals surface area contributed by atoms with E-state index >= 15 is 0 Å². The lowest BCUT2D eigenvalue weighted by Crippen LogP contribution is -2.34. The van der Waals surface area contributed by atoms with Gasteiger partial charge in [-0.3, -0.25) is 4.72 Å². The average Bonchev–Trinajstić information content (AvgIpc) is 3.05. The molecule has 2 aromatic rings. The van der Waals surface area contributed by atoms with Crippen LogP contribution in [0.3, 0.4) is 0 Å². The van der Waals surface area contributed by atoms with Crippen LogP contribution in [0.5, 0.6) is 5.75 Å². The highest BCUT2D eigenvalue weighted by Gasteiger charge is 2.29. The van der Waals surface area contributed by atoms with E-state index < -0.39 is 26.6 Å². The van der Waals surface area contributed by atoms with E-state index in [-0.39, 0.29) is 22.5 Å². The van der Waals surface area contributed by atoms with E-state index in [4.69, 9.17) is 4.74 Å². The van der Waals surface area contributed by atoms with Gasteiger partial charge in [-0.1, -0.05) is 0 Å². The van der Waals surface area contributed by atoms with Crippen LogP contribution >= 0.6 is 11.3 Å². The van der Waals surface area contributed by atoms with Crippen LogP contribution in [-0.4, -0.2) is 32.6 Å². The summed E-state index contributed by atoms with van der Waals surface area (Å²) in [5, 5.41) is 4.75. The Morgan fingerprint density at radius 3 is 2.72 bits per heavy atom. The molecule has 3 rings (SSSR count). The van der Waals surface area contributed by atoms with Crippen molar-refractivity contribution in [1.82, 2.24) is 10.3 Å². The van der Waals surface area contributed by atoms with E-state index in [0.29, 0.717) is 12.8 Å². The first-order valence-electron chi connectivity index (χ1n) is 7.67. The van der Waals surface area contributed by atoms with Crippen molar-refractivity contribution in [2.75, 3.05) is 17.8 Å². The van der Waals surface area contributed by atoms with Gasteiger partial charge in [0.2, 0.25) is 0 Å². The van der Waals surface area contributed by atoms with Gasteiger partial charge in [-0.2, -0.15) is 0 Å². The van der Waals surface area contributed by atoms with Crippen molar-refractivity contribution in [3.8, 4) is 5.75 Å². The van der Waals surface area contributed by atoms with Crippen molar-refractivity contribution in [1.29, 1.82) is 0 Å². The molecule has 136 valence electrons. The molecular formula is C15H17F2N3O3S2. The minimum absolute atomic E-state index is 0.0232. The second-order valence-corrected chi connectivity index (χ2v) is 8.15. The summed E-state index contributed by atoms with van der Waals surface area (Å²) in [6.45, 7) is 2.89. The number of piperidine rings is 1. The predicted molar refractivity (Wildman–Crippen MR) is 90.5 cm³/mol. The number of anilines is 1. The van der Waals surface area contributed by atoms with Crippen LogP contribution in [0.15, 0.2) is 22.5 Å². The van der Waals surface area contributed by atoms with Gasteiger partial charge in [0.05, 0.1) is 0 Å². The van der Waals surface area contributed by atoms with Crippen LogP contribution in [0.4, 0.5) is 13.9 Å². The minimum atomic E-state index is -4.43. The molecule has 0 saturated carbocycles. The molecule has 0 bridgehead atoms. The van der Waals surface area contributed by atoms with Gasteiger partial charge in [0.1, 0.15) is 17.7 Å². The number of thiazole rings is 1. The SMILES string of the molecule is Cc1c(OC2CCNCC2)cc(F)c(S(=O)(=O)Nc2nccs2)c1F. The summed E-state index contributed by atoms with van der Waals surface area (Å²) in [6.07, 6.45) is 2.66. The fourth-order valence-electron chi connectivity index (χ4n) is 2.57. The molecule has 1 aromatic carbocycles. The van der Waals surface area contributed by atoms with Crippen LogP contribution in [-0.2, 0) is 10.0 Å². The van der Waals surface area contributed by atoms with Gasteiger partial charge >= 0.3 is 0 Å². The van der Waals surface area contributed by atoms with Crippen LogP contribution in [0, 0.1) is 18.6 Å². The summed E-state index contributed by atoms with van der Waals surface area (Å²) >= 11 is 1.01. The van der Waals surface area contributed by atoms with Crippen molar-refractivity contribution in [3.05, 3.63) is 34.8 Å². The van der Waals surface area contributed by atoms with Crippen molar-refractivity contribution >= 4 is 26.5 Å². The highest BCUT2D eigenvalue weighted by atomic mass is 32.2. The molecular weight excluding hydrogens is 372 g/mol. The molecule has 0 spiro atoms. The molecule has 1 aliphatic rings. The van der Waals surface area contributed by atoms with Gasteiger partial charge < -0.3 is 10.1 Å². The van der Waals surface area contributed by atoms with Gasteiger partial charge in [-0.25, -0.2) is 22.2 Å². The first-order valence-corrected chi connectivity index (χ1v) is 10.0. The standard InChI is InChI=1S/C15H17F2N3O3S2/c1-9-12(23-10-2-4-18-5-3-10)8-11(16)14(13(9)17)25(21,22)20-15-19-6-7-24-15/h6-8,10,18H,2-5H2,1H3,(H,19,20). The number of nitrogens with one attached hydrogen (secondary N) is 2. The number of hydrogen-bond acceptors (Lipinski definition) is 6. The smallest absolute Gasteiger partial charge is 0.269 e. The van der Waals surface area contributed by atoms with Gasteiger partial charge in [-0.15, -0.1) is 11.3 Å². The molecule has 6 nitrogen and oxygen atoms in total. The Hall–Kier alpha value is -1.78. The maximum Gasteiger partial charge on any atom is 0.269 e. The Bertz CT molecular complexity index is 851. The summed E-state index contributed by atoms with van der Waals surface area (Å²) < 4.78 is 61.4. The van der Waals surface area contributed by atoms with Crippen molar-refractivity contribution in [2.45, 2.75) is 30.8 Å². The Morgan fingerprint density at radius 1 is 1.36 bits per heavy atom. The van der Waals surface area contributed by atoms with Gasteiger partial charge in [0.15, 0.2) is 15.8 Å². The summed E-state index contributed by atoms with van der Waals surface area (Å²) in [7, 11) is -4.43. The van der Waals surface area contributed by atoms with Crippen molar-refractivity contribution < 1.29 is 21.9 Å². The lowest BCUT2D eigenvalue weighted by molar-refractivity contribution is 0.160. The molecule has 1 saturated heterocycles. The van der Waals surface area contributed by atoms with E-state index in [9.17, 15) is 17.2 Å².